The van der Waals surface area contributed by atoms with Crippen LogP contribution in [0.3, 0.4) is 0 Å². The Morgan fingerprint density at radius 3 is 2.77 bits per heavy atom. The average molecular weight is 423 g/mol. The van der Waals surface area contributed by atoms with Gasteiger partial charge in [-0.1, -0.05) is 12.1 Å². The molecule has 3 amide bonds. The van der Waals surface area contributed by atoms with Crippen LogP contribution in [-0.2, 0) is 20.9 Å². The van der Waals surface area contributed by atoms with Gasteiger partial charge >= 0.3 is 11.8 Å². The number of nitrogens with one attached hydrogen (secondary N) is 2. The Bertz CT molecular complexity index is 1060. The van der Waals surface area contributed by atoms with E-state index in [2.05, 4.69) is 10.6 Å². The molecule has 0 bridgehead atoms. The molecule has 8 heteroatoms. The van der Waals surface area contributed by atoms with Crippen LogP contribution in [0.4, 0.5) is 11.4 Å². The van der Waals surface area contributed by atoms with Crippen LogP contribution >= 0.6 is 11.3 Å². The minimum Gasteiger partial charge on any atom is -0.458 e. The highest BCUT2D eigenvalue weighted by Gasteiger charge is 2.20. The van der Waals surface area contributed by atoms with Gasteiger partial charge in [0.2, 0.25) is 5.91 Å². The van der Waals surface area contributed by atoms with E-state index in [1.165, 1.54) is 0 Å². The molecule has 1 aliphatic rings. The first-order valence-electron chi connectivity index (χ1n) is 9.72. The molecule has 4 rings (SSSR count). The standard InChI is InChI=1S/C22H21N3O4S/c26-20-8-1-2-11-25(20)16-6-3-5-15(13-16)24-22(28)21(27)23-14-17-9-10-18(29-17)19-7-4-12-30-19/h3-7,9-10,12-13H,1-2,8,11,14H2,(H,23,27)(H,24,28). The van der Waals surface area contributed by atoms with Gasteiger partial charge in [-0.05, 0) is 54.6 Å². The Kier molecular flexibility index (Phi) is 5.94. The summed E-state index contributed by atoms with van der Waals surface area (Å²) < 4.78 is 5.70. The van der Waals surface area contributed by atoms with Crippen molar-refractivity contribution in [3.8, 4) is 10.6 Å². The van der Waals surface area contributed by atoms with Crippen LogP contribution in [0.1, 0.15) is 25.0 Å². The van der Waals surface area contributed by atoms with Gasteiger partial charge in [0, 0.05) is 24.3 Å². The molecule has 2 aromatic heterocycles. The van der Waals surface area contributed by atoms with Gasteiger partial charge in [-0.25, -0.2) is 0 Å². The Hall–Kier alpha value is -3.39. The number of carbonyl (C=O) groups is 3. The molecular weight excluding hydrogens is 402 g/mol. The fraction of sp³-hybridized carbons (Fsp3) is 0.227. The molecule has 3 heterocycles. The molecule has 0 spiro atoms. The van der Waals surface area contributed by atoms with Gasteiger partial charge in [0.15, 0.2) is 0 Å². The number of hydrogen-bond donors (Lipinski definition) is 2. The van der Waals surface area contributed by atoms with Gasteiger partial charge in [0.1, 0.15) is 11.5 Å². The summed E-state index contributed by atoms with van der Waals surface area (Å²) in [5.74, 6) is -0.179. The summed E-state index contributed by atoms with van der Waals surface area (Å²) in [6.07, 6.45) is 2.38. The SMILES string of the molecule is O=C(NCc1ccc(-c2cccs2)o1)C(=O)Nc1cccc(N2CCCCC2=O)c1. The van der Waals surface area contributed by atoms with Crippen molar-refractivity contribution in [1.29, 1.82) is 0 Å². The minimum absolute atomic E-state index is 0.0721. The van der Waals surface area contributed by atoms with Gasteiger partial charge in [-0.15, -0.1) is 11.3 Å². The molecule has 0 unspecified atom stereocenters. The van der Waals surface area contributed by atoms with Crippen LogP contribution in [0.5, 0.6) is 0 Å². The highest BCUT2D eigenvalue weighted by Crippen LogP contribution is 2.26. The van der Waals surface area contributed by atoms with E-state index < -0.39 is 11.8 Å². The van der Waals surface area contributed by atoms with Crippen molar-refractivity contribution < 1.29 is 18.8 Å². The fourth-order valence-corrected chi connectivity index (χ4v) is 3.98. The summed E-state index contributed by atoms with van der Waals surface area (Å²) in [7, 11) is 0. The quantitative estimate of drug-likeness (QED) is 0.611. The highest BCUT2D eigenvalue weighted by atomic mass is 32.1. The normalized spacial score (nSPS) is 13.9. The predicted octanol–water partition coefficient (Wildman–Crippen LogP) is 3.78. The first-order valence-corrected chi connectivity index (χ1v) is 10.6. The van der Waals surface area contributed by atoms with Crippen LogP contribution in [0.2, 0.25) is 0 Å². The molecule has 0 radical (unpaired) electrons. The van der Waals surface area contributed by atoms with Crippen LogP contribution < -0.4 is 15.5 Å². The number of rotatable bonds is 5. The van der Waals surface area contributed by atoms with E-state index in [1.807, 2.05) is 29.6 Å². The third kappa shape index (κ3) is 4.60. The van der Waals surface area contributed by atoms with Crippen LogP contribution in [0.25, 0.3) is 10.6 Å². The fourth-order valence-electron chi connectivity index (χ4n) is 3.29. The molecule has 154 valence electrons. The van der Waals surface area contributed by atoms with E-state index >= 15 is 0 Å². The molecule has 7 nitrogen and oxygen atoms in total. The number of piperidine rings is 1. The average Bonchev–Trinajstić information content (AvgIpc) is 3.44. The van der Waals surface area contributed by atoms with Gasteiger partial charge in [-0.2, -0.15) is 0 Å². The Labute approximate surface area is 177 Å². The second kappa shape index (κ2) is 8.96. The van der Waals surface area contributed by atoms with E-state index in [0.29, 0.717) is 24.4 Å². The van der Waals surface area contributed by atoms with Crippen molar-refractivity contribution in [2.24, 2.45) is 0 Å². The number of furan rings is 1. The first-order chi connectivity index (χ1) is 14.6. The summed E-state index contributed by atoms with van der Waals surface area (Å²) in [6, 6.07) is 14.4. The highest BCUT2D eigenvalue weighted by molar-refractivity contribution is 7.13. The second-order valence-electron chi connectivity index (χ2n) is 6.93. The summed E-state index contributed by atoms with van der Waals surface area (Å²) in [6.45, 7) is 0.771. The summed E-state index contributed by atoms with van der Waals surface area (Å²) in [4.78, 5) is 39.2. The Balaban J connectivity index is 1.33. The molecule has 1 fully saturated rings. The van der Waals surface area contributed by atoms with Gasteiger partial charge in [-0.3, -0.25) is 14.4 Å². The lowest BCUT2D eigenvalue weighted by molar-refractivity contribution is -0.136. The van der Waals surface area contributed by atoms with E-state index in [1.54, 1.807) is 40.5 Å². The number of hydrogen-bond acceptors (Lipinski definition) is 5. The minimum atomic E-state index is -0.776. The molecule has 1 saturated heterocycles. The largest absolute Gasteiger partial charge is 0.458 e. The zero-order chi connectivity index (χ0) is 20.9. The monoisotopic (exact) mass is 423 g/mol. The molecule has 0 saturated carbocycles. The third-order valence-corrected chi connectivity index (χ3v) is 5.68. The molecule has 30 heavy (non-hydrogen) atoms. The van der Waals surface area contributed by atoms with Crippen molar-refractivity contribution in [3.05, 3.63) is 59.7 Å². The maximum Gasteiger partial charge on any atom is 0.313 e. The lowest BCUT2D eigenvalue weighted by atomic mass is 10.1. The zero-order valence-electron chi connectivity index (χ0n) is 16.2. The van der Waals surface area contributed by atoms with Gasteiger partial charge in [0.05, 0.1) is 11.4 Å². The lowest BCUT2D eigenvalue weighted by Crippen LogP contribution is -2.36. The zero-order valence-corrected chi connectivity index (χ0v) is 17.0. The number of nitrogens with zero attached hydrogens (tertiary/aromatic N) is 1. The summed E-state index contributed by atoms with van der Waals surface area (Å²) in [5, 5.41) is 7.10. The molecular formula is C22H21N3O4S. The van der Waals surface area contributed by atoms with Gasteiger partial charge in [0.25, 0.3) is 0 Å². The van der Waals surface area contributed by atoms with E-state index in [4.69, 9.17) is 4.42 Å². The number of benzene rings is 1. The van der Waals surface area contributed by atoms with E-state index in [-0.39, 0.29) is 12.5 Å². The van der Waals surface area contributed by atoms with Crippen LogP contribution in [0, 0.1) is 0 Å². The number of anilines is 2. The number of thiophene rings is 1. The summed E-state index contributed by atoms with van der Waals surface area (Å²) >= 11 is 1.56. The van der Waals surface area contributed by atoms with Crippen molar-refractivity contribution in [2.45, 2.75) is 25.8 Å². The molecule has 1 aliphatic heterocycles. The number of carbonyl (C=O) groups excluding carboxylic acids is 3. The smallest absolute Gasteiger partial charge is 0.313 e. The van der Waals surface area contributed by atoms with Crippen molar-refractivity contribution in [2.75, 3.05) is 16.8 Å². The maximum absolute atomic E-state index is 12.2. The first kappa shape index (κ1) is 19.9. The van der Waals surface area contributed by atoms with Crippen molar-refractivity contribution >= 4 is 40.4 Å². The third-order valence-electron chi connectivity index (χ3n) is 4.79. The summed E-state index contributed by atoms with van der Waals surface area (Å²) in [5.41, 5.74) is 1.18. The lowest BCUT2D eigenvalue weighted by Gasteiger charge is -2.27. The molecule has 0 aliphatic carbocycles. The van der Waals surface area contributed by atoms with Crippen molar-refractivity contribution in [1.82, 2.24) is 5.32 Å². The van der Waals surface area contributed by atoms with E-state index in [0.717, 1.165) is 29.2 Å². The topological polar surface area (TPSA) is 91.7 Å². The maximum atomic E-state index is 12.2. The molecule has 3 aromatic rings. The Morgan fingerprint density at radius 1 is 1.07 bits per heavy atom. The second-order valence-corrected chi connectivity index (χ2v) is 7.88. The molecule has 2 N–H and O–H groups in total. The van der Waals surface area contributed by atoms with Crippen molar-refractivity contribution in [3.63, 3.8) is 0 Å². The predicted molar refractivity (Wildman–Crippen MR) is 115 cm³/mol. The molecule has 1 aromatic carbocycles. The van der Waals surface area contributed by atoms with E-state index in [9.17, 15) is 14.4 Å². The van der Waals surface area contributed by atoms with Crippen LogP contribution in [-0.4, -0.2) is 24.3 Å². The molecule has 0 atom stereocenters. The Morgan fingerprint density at radius 2 is 1.97 bits per heavy atom. The number of amides is 3. The van der Waals surface area contributed by atoms with Crippen LogP contribution in [0.15, 0.2) is 58.3 Å². The van der Waals surface area contributed by atoms with Gasteiger partial charge < -0.3 is 20.0 Å².